The molecule has 0 heterocycles. The van der Waals surface area contributed by atoms with E-state index in [0.29, 0.717) is 5.56 Å². The zero-order valence-corrected chi connectivity index (χ0v) is 8.14. The maximum Gasteiger partial charge on any atom is 0.240 e. The third kappa shape index (κ3) is 1.96. The number of nitrogens with one attached hydrogen (secondary N) is 1. The second-order valence-electron chi connectivity index (χ2n) is 2.45. The van der Waals surface area contributed by atoms with Gasteiger partial charge in [-0.2, -0.15) is 0 Å². The lowest BCUT2D eigenvalue weighted by atomic mass is 10.2. The van der Waals surface area contributed by atoms with Gasteiger partial charge in [-0.1, -0.05) is 30.9 Å². The first kappa shape index (κ1) is 9.95. The van der Waals surface area contributed by atoms with E-state index in [-0.39, 0.29) is 4.90 Å². The van der Waals surface area contributed by atoms with Crippen LogP contribution in [-0.4, -0.2) is 15.5 Å². The minimum Gasteiger partial charge on any atom is -0.214 e. The average molecular weight is 197 g/mol. The molecule has 1 rings (SSSR count). The summed E-state index contributed by atoms with van der Waals surface area (Å²) in [6.07, 6.45) is 1.52. The first-order chi connectivity index (χ1) is 6.11. The van der Waals surface area contributed by atoms with Crippen LogP contribution in [0.25, 0.3) is 6.08 Å². The molecule has 0 unspecified atom stereocenters. The summed E-state index contributed by atoms with van der Waals surface area (Å²) in [4.78, 5) is 0.257. The van der Waals surface area contributed by atoms with Gasteiger partial charge in [0.2, 0.25) is 10.0 Å². The maximum absolute atomic E-state index is 11.4. The summed E-state index contributed by atoms with van der Waals surface area (Å²) in [5.74, 6) is 0. The van der Waals surface area contributed by atoms with Gasteiger partial charge in [0, 0.05) is 0 Å². The van der Waals surface area contributed by atoms with Crippen molar-refractivity contribution in [2.24, 2.45) is 0 Å². The first-order valence-corrected chi connectivity index (χ1v) is 5.25. The molecule has 1 N–H and O–H groups in total. The lowest BCUT2D eigenvalue weighted by Gasteiger charge is -2.05. The average Bonchev–Trinajstić information content (AvgIpc) is 2.18. The van der Waals surface area contributed by atoms with Crippen LogP contribution >= 0.6 is 0 Å². The molecule has 4 heteroatoms. The van der Waals surface area contributed by atoms with Crippen molar-refractivity contribution >= 4 is 16.1 Å². The predicted molar refractivity (Wildman–Crippen MR) is 52.8 cm³/mol. The normalized spacial score (nSPS) is 11.2. The molecule has 0 amide bonds. The molecule has 0 saturated carbocycles. The molecule has 0 atom stereocenters. The van der Waals surface area contributed by atoms with Crippen molar-refractivity contribution in [1.29, 1.82) is 0 Å². The van der Waals surface area contributed by atoms with Crippen molar-refractivity contribution in [3.8, 4) is 0 Å². The van der Waals surface area contributed by atoms with Gasteiger partial charge < -0.3 is 0 Å². The Bertz CT molecular complexity index is 409. The minimum absolute atomic E-state index is 0.257. The standard InChI is InChI=1S/C9H11NO2S/c1-3-8-6-4-5-7-9(8)13(11,12)10-2/h3-7,10H,1H2,2H3. The molecule has 0 spiro atoms. The van der Waals surface area contributed by atoms with Crippen LogP contribution in [-0.2, 0) is 10.0 Å². The molecule has 70 valence electrons. The van der Waals surface area contributed by atoms with E-state index in [1.54, 1.807) is 24.3 Å². The summed E-state index contributed by atoms with van der Waals surface area (Å²) in [6.45, 7) is 3.55. The predicted octanol–water partition coefficient (Wildman–Crippen LogP) is 1.24. The van der Waals surface area contributed by atoms with Crippen LogP contribution in [0.2, 0.25) is 0 Å². The van der Waals surface area contributed by atoms with Crippen LogP contribution in [0, 0.1) is 0 Å². The molecule has 0 aliphatic rings. The molecule has 13 heavy (non-hydrogen) atoms. The molecule has 0 aliphatic heterocycles. The van der Waals surface area contributed by atoms with E-state index in [4.69, 9.17) is 0 Å². The summed E-state index contributed by atoms with van der Waals surface area (Å²) in [5.41, 5.74) is 0.608. The van der Waals surface area contributed by atoms with Gasteiger partial charge in [-0.15, -0.1) is 0 Å². The third-order valence-electron chi connectivity index (χ3n) is 1.70. The van der Waals surface area contributed by atoms with Gasteiger partial charge in [-0.25, -0.2) is 13.1 Å². The fourth-order valence-electron chi connectivity index (χ4n) is 1.00. The van der Waals surface area contributed by atoms with E-state index >= 15 is 0 Å². The van der Waals surface area contributed by atoms with Crippen LogP contribution in [0.5, 0.6) is 0 Å². The quantitative estimate of drug-likeness (QED) is 0.792. The fourth-order valence-corrected chi connectivity index (χ4v) is 1.94. The molecular weight excluding hydrogens is 186 g/mol. The molecule has 1 aromatic rings. The van der Waals surface area contributed by atoms with Gasteiger partial charge in [-0.05, 0) is 18.7 Å². The zero-order chi connectivity index (χ0) is 9.90. The van der Waals surface area contributed by atoms with Crippen molar-refractivity contribution < 1.29 is 8.42 Å². The lowest BCUT2D eigenvalue weighted by Crippen LogP contribution is -2.19. The Morgan fingerprint density at radius 3 is 2.54 bits per heavy atom. The zero-order valence-electron chi connectivity index (χ0n) is 7.32. The van der Waals surface area contributed by atoms with Crippen LogP contribution < -0.4 is 4.72 Å². The number of hydrogen-bond acceptors (Lipinski definition) is 2. The molecule has 1 aromatic carbocycles. The van der Waals surface area contributed by atoms with Gasteiger partial charge in [0.05, 0.1) is 4.90 Å². The monoisotopic (exact) mass is 197 g/mol. The summed E-state index contributed by atoms with van der Waals surface area (Å²) in [6, 6.07) is 6.70. The second-order valence-corrected chi connectivity index (χ2v) is 4.30. The van der Waals surface area contributed by atoms with E-state index in [2.05, 4.69) is 11.3 Å². The number of rotatable bonds is 3. The van der Waals surface area contributed by atoms with E-state index in [9.17, 15) is 8.42 Å². The minimum atomic E-state index is -3.36. The largest absolute Gasteiger partial charge is 0.240 e. The molecule has 3 nitrogen and oxygen atoms in total. The van der Waals surface area contributed by atoms with Gasteiger partial charge in [0.15, 0.2) is 0 Å². The number of sulfonamides is 1. The Morgan fingerprint density at radius 2 is 2.00 bits per heavy atom. The first-order valence-electron chi connectivity index (χ1n) is 3.77. The van der Waals surface area contributed by atoms with Crippen molar-refractivity contribution in [3.05, 3.63) is 36.4 Å². The van der Waals surface area contributed by atoms with Crippen molar-refractivity contribution in [3.63, 3.8) is 0 Å². The summed E-state index contributed by atoms with van der Waals surface area (Å²) in [7, 11) is -1.98. The Morgan fingerprint density at radius 1 is 1.38 bits per heavy atom. The summed E-state index contributed by atoms with van der Waals surface area (Å²) >= 11 is 0. The maximum atomic E-state index is 11.4. The lowest BCUT2D eigenvalue weighted by molar-refractivity contribution is 0.588. The van der Waals surface area contributed by atoms with Gasteiger partial charge in [-0.3, -0.25) is 0 Å². The molecule has 0 bridgehead atoms. The van der Waals surface area contributed by atoms with Crippen LogP contribution in [0.15, 0.2) is 35.7 Å². The topological polar surface area (TPSA) is 46.2 Å². The van der Waals surface area contributed by atoms with Crippen LogP contribution in [0.1, 0.15) is 5.56 Å². The molecule has 0 aliphatic carbocycles. The Kier molecular flexibility index (Phi) is 2.85. The molecule has 0 fully saturated rings. The van der Waals surface area contributed by atoms with Crippen molar-refractivity contribution in [2.45, 2.75) is 4.90 Å². The van der Waals surface area contributed by atoms with E-state index in [0.717, 1.165) is 0 Å². The Labute approximate surface area is 78.1 Å². The van der Waals surface area contributed by atoms with E-state index in [1.165, 1.54) is 13.1 Å². The van der Waals surface area contributed by atoms with E-state index < -0.39 is 10.0 Å². The van der Waals surface area contributed by atoms with Crippen LogP contribution in [0.4, 0.5) is 0 Å². The number of benzene rings is 1. The highest BCUT2D eigenvalue weighted by Crippen LogP contribution is 2.15. The third-order valence-corrected chi connectivity index (χ3v) is 3.19. The molecule has 0 radical (unpaired) electrons. The second kappa shape index (κ2) is 3.72. The van der Waals surface area contributed by atoms with Crippen molar-refractivity contribution in [2.75, 3.05) is 7.05 Å². The molecule has 0 aromatic heterocycles. The number of hydrogen-bond donors (Lipinski definition) is 1. The van der Waals surface area contributed by atoms with Gasteiger partial charge >= 0.3 is 0 Å². The van der Waals surface area contributed by atoms with Gasteiger partial charge in [0.1, 0.15) is 0 Å². The smallest absolute Gasteiger partial charge is 0.214 e. The Balaban J connectivity index is 3.37. The van der Waals surface area contributed by atoms with Crippen LogP contribution in [0.3, 0.4) is 0 Å². The summed E-state index contributed by atoms with van der Waals surface area (Å²) < 4.78 is 25.1. The van der Waals surface area contributed by atoms with Gasteiger partial charge in [0.25, 0.3) is 0 Å². The molecule has 0 saturated heterocycles. The van der Waals surface area contributed by atoms with Crippen molar-refractivity contribution in [1.82, 2.24) is 4.72 Å². The molecular formula is C9H11NO2S. The highest BCUT2D eigenvalue weighted by atomic mass is 32.2. The van der Waals surface area contributed by atoms with E-state index in [1.807, 2.05) is 0 Å². The SMILES string of the molecule is C=Cc1ccccc1S(=O)(=O)NC. The summed E-state index contributed by atoms with van der Waals surface area (Å²) in [5, 5.41) is 0. The fraction of sp³-hybridized carbons (Fsp3) is 0.111. The highest BCUT2D eigenvalue weighted by Gasteiger charge is 2.13. The highest BCUT2D eigenvalue weighted by molar-refractivity contribution is 7.89. The Hall–Kier alpha value is -1.13.